The van der Waals surface area contributed by atoms with Gasteiger partial charge in [0, 0.05) is 21.7 Å². The van der Waals surface area contributed by atoms with Crippen molar-refractivity contribution in [3.05, 3.63) is 95.2 Å². The Hall–Kier alpha value is -3.24. The summed E-state index contributed by atoms with van der Waals surface area (Å²) in [5.41, 5.74) is 1.99. The molecule has 1 N–H and O–H groups in total. The number of anilines is 1. The molecule has 0 bridgehead atoms. The smallest absolute Gasteiger partial charge is 0.291 e. The van der Waals surface area contributed by atoms with E-state index >= 15 is 0 Å². The number of carbonyl (C=O) groups excluding carboxylic acids is 1. The largest absolute Gasteiger partial charge is 0.489 e. The van der Waals surface area contributed by atoms with Crippen molar-refractivity contribution < 1.29 is 13.9 Å². The molecular formula is C22H16ClNO3. The molecule has 0 aliphatic heterocycles. The summed E-state index contributed by atoms with van der Waals surface area (Å²) in [5.74, 6) is 0.633. The number of nitrogens with one attached hydrogen (secondary N) is 1. The van der Waals surface area contributed by atoms with Crippen molar-refractivity contribution in [1.82, 2.24) is 0 Å². The van der Waals surface area contributed by atoms with Crippen molar-refractivity contribution >= 4 is 34.2 Å². The topological polar surface area (TPSA) is 51.5 Å². The lowest BCUT2D eigenvalue weighted by molar-refractivity contribution is 0.0995. The number of furan rings is 1. The maximum Gasteiger partial charge on any atom is 0.291 e. The molecule has 0 spiro atoms. The lowest BCUT2D eigenvalue weighted by Crippen LogP contribution is -2.13. The van der Waals surface area contributed by atoms with E-state index in [0.29, 0.717) is 21.9 Å². The van der Waals surface area contributed by atoms with E-state index in [4.69, 9.17) is 20.8 Å². The van der Waals surface area contributed by atoms with Gasteiger partial charge in [-0.2, -0.15) is 0 Å². The molecule has 4 rings (SSSR count). The molecule has 1 amide bonds. The van der Waals surface area contributed by atoms with Gasteiger partial charge in [0.25, 0.3) is 5.91 Å². The van der Waals surface area contributed by atoms with Gasteiger partial charge in [-0.15, -0.1) is 0 Å². The number of hydrogen-bond donors (Lipinski definition) is 1. The van der Waals surface area contributed by atoms with E-state index in [1.165, 1.54) is 0 Å². The van der Waals surface area contributed by atoms with Gasteiger partial charge in [0.05, 0.1) is 0 Å². The van der Waals surface area contributed by atoms with Crippen LogP contribution in [0.5, 0.6) is 5.75 Å². The monoisotopic (exact) mass is 377 g/mol. The predicted molar refractivity (Wildman–Crippen MR) is 106 cm³/mol. The molecule has 1 aromatic heterocycles. The quantitative estimate of drug-likeness (QED) is 0.469. The second-order valence-corrected chi connectivity index (χ2v) is 6.41. The summed E-state index contributed by atoms with van der Waals surface area (Å²) in [7, 11) is 0. The van der Waals surface area contributed by atoms with Crippen molar-refractivity contribution in [2.45, 2.75) is 6.61 Å². The molecule has 0 radical (unpaired) electrons. The van der Waals surface area contributed by atoms with Crippen LogP contribution in [-0.4, -0.2) is 5.91 Å². The molecule has 4 nitrogen and oxygen atoms in total. The number of hydrogen-bond acceptors (Lipinski definition) is 3. The lowest BCUT2D eigenvalue weighted by Gasteiger charge is -2.08. The van der Waals surface area contributed by atoms with Gasteiger partial charge in [-0.3, -0.25) is 4.79 Å². The van der Waals surface area contributed by atoms with Crippen LogP contribution in [0.4, 0.5) is 5.69 Å². The summed E-state index contributed by atoms with van der Waals surface area (Å²) in [6, 6.07) is 23.9. The molecule has 0 saturated heterocycles. The standard InChI is InChI=1S/C22H16ClNO3/c23-15-10-12-16(13-11-15)24-22(25)21-19(14-26-17-6-2-1-3-7-17)18-8-4-5-9-20(18)27-21/h1-13H,14H2,(H,24,25). The Kier molecular flexibility index (Phi) is 4.81. The number of benzene rings is 3. The van der Waals surface area contributed by atoms with Crippen molar-refractivity contribution in [3.8, 4) is 5.75 Å². The summed E-state index contributed by atoms with van der Waals surface area (Å²) in [6.45, 7) is 0.227. The zero-order valence-electron chi connectivity index (χ0n) is 14.3. The van der Waals surface area contributed by atoms with Crippen LogP contribution in [0.3, 0.4) is 0 Å². The summed E-state index contributed by atoms with van der Waals surface area (Å²) >= 11 is 5.90. The Morgan fingerprint density at radius 1 is 0.926 bits per heavy atom. The fourth-order valence-corrected chi connectivity index (χ4v) is 2.94. The maximum atomic E-state index is 12.8. The van der Waals surface area contributed by atoms with E-state index in [9.17, 15) is 4.79 Å². The number of amides is 1. The molecule has 4 aromatic rings. The van der Waals surface area contributed by atoms with E-state index in [1.807, 2.05) is 54.6 Å². The summed E-state index contributed by atoms with van der Waals surface area (Å²) in [6.07, 6.45) is 0. The summed E-state index contributed by atoms with van der Waals surface area (Å²) in [5, 5.41) is 4.30. The molecular weight excluding hydrogens is 362 g/mol. The molecule has 134 valence electrons. The first-order valence-corrected chi connectivity index (χ1v) is 8.84. The van der Waals surface area contributed by atoms with Gasteiger partial charge in [0.15, 0.2) is 5.76 Å². The highest BCUT2D eigenvalue weighted by molar-refractivity contribution is 6.30. The van der Waals surface area contributed by atoms with Gasteiger partial charge in [-0.05, 0) is 42.5 Å². The zero-order chi connectivity index (χ0) is 18.6. The number of halogens is 1. The van der Waals surface area contributed by atoms with Gasteiger partial charge >= 0.3 is 0 Å². The van der Waals surface area contributed by atoms with E-state index in [2.05, 4.69) is 5.32 Å². The first kappa shape index (κ1) is 17.2. The Labute approximate surface area is 161 Å². The molecule has 0 fully saturated rings. The van der Waals surface area contributed by atoms with Crippen LogP contribution in [0.25, 0.3) is 11.0 Å². The van der Waals surface area contributed by atoms with E-state index < -0.39 is 0 Å². The molecule has 0 aliphatic carbocycles. The molecule has 1 heterocycles. The van der Waals surface area contributed by atoms with Gasteiger partial charge in [-0.25, -0.2) is 0 Å². The van der Waals surface area contributed by atoms with Gasteiger partial charge in [0.2, 0.25) is 0 Å². The Morgan fingerprint density at radius 3 is 2.41 bits per heavy atom. The first-order valence-electron chi connectivity index (χ1n) is 8.46. The first-order chi connectivity index (χ1) is 13.2. The molecule has 5 heteroatoms. The van der Waals surface area contributed by atoms with Crippen molar-refractivity contribution in [2.75, 3.05) is 5.32 Å². The second-order valence-electron chi connectivity index (χ2n) is 5.97. The average Bonchev–Trinajstić information content (AvgIpc) is 3.08. The highest BCUT2D eigenvalue weighted by Gasteiger charge is 2.21. The Balaban J connectivity index is 1.64. The van der Waals surface area contributed by atoms with Crippen molar-refractivity contribution in [1.29, 1.82) is 0 Å². The van der Waals surface area contributed by atoms with Crippen LogP contribution in [0.15, 0.2) is 83.3 Å². The lowest BCUT2D eigenvalue weighted by atomic mass is 10.1. The van der Waals surface area contributed by atoms with Gasteiger partial charge in [0.1, 0.15) is 17.9 Å². The molecule has 0 aliphatic rings. The molecule has 0 atom stereocenters. The third-order valence-electron chi connectivity index (χ3n) is 4.13. The number of ether oxygens (including phenoxy) is 1. The molecule has 0 unspecified atom stereocenters. The Bertz CT molecular complexity index is 1070. The van der Waals surface area contributed by atoms with Crippen LogP contribution in [0.2, 0.25) is 5.02 Å². The normalized spacial score (nSPS) is 10.7. The van der Waals surface area contributed by atoms with Crippen LogP contribution in [-0.2, 0) is 6.61 Å². The predicted octanol–water partition coefficient (Wildman–Crippen LogP) is 5.92. The van der Waals surface area contributed by atoms with Crippen molar-refractivity contribution in [3.63, 3.8) is 0 Å². The molecule has 27 heavy (non-hydrogen) atoms. The summed E-state index contributed by atoms with van der Waals surface area (Å²) < 4.78 is 11.7. The fraction of sp³-hybridized carbons (Fsp3) is 0.0455. The fourth-order valence-electron chi connectivity index (χ4n) is 2.82. The second kappa shape index (κ2) is 7.56. The van der Waals surface area contributed by atoms with Crippen LogP contribution < -0.4 is 10.1 Å². The van der Waals surface area contributed by atoms with Crippen LogP contribution in [0, 0.1) is 0 Å². The highest BCUT2D eigenvalue weighted by Crippen LogP contribution is 2.28. The molecule has 0 saturated carbocycles. The average molecular weight is 378 g/mol. The zero-order valence-corrected chi connectivity index (χ0v) is 15.1. The van der Waals surface area contributed by atoms with Crippen LogP contribution in [0.1, 0.15) is 16.1 Å². The minimum absolute atomic E-state index is 0.227. The van der Waals surface area contributed by atoms with E-state index in [1.54, 1.807) is 24.3 Å². The van der Waals surface area contributed by atoms with Crippen molar-refractivity contribution in [2.24, 2.45) is 0 Å². The summed E-state index contributed by atoms with van der Waals surface area (Å²) in [4.78, 5) is 12.8. The third kappa shape index (κ3) is 3.81. The number of carbonyl (C=O) groups is 1. The minimum atomic E-state index is -0.333. The highest BCUT2D eigenvalue weighted by atomic mass is 35.5. The van der Waals surface area contributed by atoms with E-state index in [0.717, 1.165) is 11.1 Å². The third-order valence-corrected chi connectivity index (χ3v) is 4.38. The van der Waals surface area contributed by atoms with Gasteiger partial charge < -0.3 is 14.5 Å². The molecule has 3 aromatic carbocycles. The number of fused-ring (bicyclic) bond motifs is 1. The number of rotatable bonds is 5. The van der Waals surface area contributed by atoms with E-state index in [-0.39, 0.29) is 18.3 Å². The minimum Gasteiger partial charge on any atom is -0.489 e. The number of para-hydroxylation sites is 2. The maximum absolute atomic E-state index is 12.8. The van der Waals surface area contributed by atoms with Crippen LogP contribution >= 0.6 is 11.6 Å². The SMILES string of the molecule is O=C(Nc1ccc(Cl)cc1)c1oc2ccccc2c1COc1ccccc1. The Morgan fingerprint density at radius 2 is 1.63 bits per heavy atom. The van der Waals surface area contributed by atoms with Gasteiger partial charge in [-0.1, -0.05) is 48.0 Å².